The molecule has 0 unspecified atom stereocenters. The van der Waals surface area contributed by atoms with E-state index in [2.05, 4.69) is 10.3 Å². The lowest BCUT2D eigenvalue weighted by molar-refractivity contribution is -0.130. The van der Waals surface area contributed by atoms with Gasteiger partial charge in [-0.15, -0.1) is 0 Å². The molecule has 6 heteroatoms. The van der Waals surface area contributed by atoms with Crippen LogP contribution in [0.15, 0.2) is 29.1 Å². The molecule has 2 rings (SSSR count). The topological polar surface area (TPSA) is 70.1 Å². The SMILES string of the molecule is CNCCN(C)C(=O)Cn1c(=O)[nH]c2ccccc21. The van der Waals surface area contributed by atoms with Gasteiger partial charge in [0.05, 0.1) is 11.0 Å². The highest BCUT2D eigenvalue weighted by Crippen LogP contribution is 2.08. The van der Waals surface area contributed by atoms with Gasteiger partial charge in [-0.1, -0.05) is 12.1 Å². The smallest absolute Gasteiger partial charge is 0.326 e. The number of H-pyrrole nitrogens is 1. The van der Waals surface area contributed by atoms with Crippen LogP contribution >= 0.6 is 0 Å². The fourth-order valence-corrected chi connectivity index (χ4v) is 1.92. The van der Waals surface area contributed by atoms with Crippen LogP contribution in [0.25, 0.3) is 11.0 Å². The molecule has 0 aliphatic rings. The number of carbonyl (C=O) groups excluding carboxylic acids is 1. The van der Waals surface area contributed by atoms with E-state index in [0.717, 1.165) is 17.6 Å². The second kappa shape index (κ2) is 5.71. The number of likely N-dealkylation sites (N-methyl/N-ethyl adjacent to an activating group) is 2. The highest BCUT2D eigenvalue weighted by atomic mass is 16.2. The maximum atomic E-state index is 12.0. The number of aromatic nitrogens is 2. The van der Waals surface area contributed by atoms with Gasteiger partial charge in [0, 0.05) is 20.1 Å². The lowest BCUT2D eigenvalue weighted by Gasteiger charge is -2.17. The molecular weight excluding hydrogens is 244 g/mol. The molecule has 0 saturated carbocycles. The zero-order valence-electron chi connectivity index (χ0n) is 11.1. The predicted octanol–water partition coefficient (Wildman–Crippen LogP) is 0.00740. The van der Waals surface area contributed by atoms with E-state index < -0.39 is 0 Å². The molecule has 1 amide bonds. The van der Waals surface area contributed by atoms with Gasteiger partial charge in [0.1, 0.15) is 6.54 Å². The number of nitrogens with zero attached hydrogens (tertiary/aromatic N) is 2. The minimum atomic E-state index is -0.253. The molecule has 19 heavy (non-hydrogen) atoms. The van der Waals surface area contributed by atoms with Crippen LogP contribution in [-0.2, 0) is 11.3 Å². The van der Waals surface area contributed by atoms with E-state index in [-0.39, 0.29) is 18.1 Å². The number of carbonyl (C=O) groups is 1. The molecule has 0 aliphatic carbocycles. The Hall–Kier alpha value is -2.08. The first-order valence-electron chi connectivity index (χ1n) is 6.19. The van der Waals surface area contributed by atoms with E-state index in [1.807, 2.05) is 31.3 Å². The van der Waals surface area contributed by atoms with Crippen LogP contribution in [0.1, 0.15) is 0 Å². The quantitative estimate of drug-likeness (QED) is 0.797. The number of hydrogen-bond donors (Lipinski definition) is 2. The number of nitrogens with one attached hydrogen (secondary N) is 2. The normalized spacial score (nSPS) is 10.8. The summed E-state index contributed by atoms with van der Waals surface area (Å²) in [5, 5.41) is 2.98. The van der Waals surface area contributed by atoms with Crippen LogP contribution in [0.3, 0.4) is 0 Å². The third-order valence-electron chi connectivity index (χ3n) is 3.10. The average Bonchev–Trinajstić information content (AvgIpc) is 2.72. The van der Waals surface area contributed by atoms with Gasteiger partial charge in [-0.25, -0.2) is 4.79 Å². The summed E-state index contributed by atoms with van der Waals surface area (Å²) in [5.41, 5.74) is 1.25. The Morgan fingerprint density at radius 3 is 2.89 bits per heavy atom. The Bertz CT molecular complexity index is 629. The van der Waals surface area contributed by atoms with Crippen molar-refractivity contribution in [1.29, 1.82) is 0 Å². The number of hydrogen-bond acceptors (Lipinski definition) is 3. The molecule has 0 radical (unpaired) electrons. The first-order valence-corrected chi connectivity index (χ1v) is 6.19. The van der Waals surface area contributed by atoms with Crippen molar-refractivity contribution in [2.45, 2.75) is 6.54 Å². The summed E-state index contributed by atoms with van der Waals surface area (Å²) in [4.78, 5) is 28.2. The van der Waals surface area contributed by atoms with Crippen molar-refractivity contribution in [3.63, 3.8) is 0 Å². The summed E-state index contributed by atoms with van der Waals surface area (Å²) >= 11 is 0. The van der Waals surface area contributed by atoms with Crippen LogP contribution in [0.2, 0.25) is 0 Å². The molecule has 1 aromatic heterocycles. The number of para-hydroxylation sites is 2. The summed E-state index contributed by atoms with van der Waals surface area (Å²) in [6.07, 6.45) is 0. The third kappa shape index (κ3) is 2.85. The fraction of sp³-hybridized carbons (Fsp3) is 0.385. The fourth-order valence-electron chi connectivity index (χ4n) is 1.92. The van der Waals surface area contributed by atoms with Crippen molar-refractivity contribution in [1.82, 2.24) is 19.8 Å². The highest BCUT2D eigenvalue weighted by Gasteiger charge is 2.13. The van der Waals surface area contributed by atoms with Crippen molar-refractivity contribution in [3.05, 3.63) is 34.7 Å². The van der Waals surface area contributed by atoms with Gasteiger partial charge in [0.2, 0.25) is 5.91 Å². The van der Waals surface area contributed by atoms with Crippen LogP contribution in [-0.4, -0.2) is 47.5 Å². The Morgan fingerprint density at radius 1 is 1.42 bits per heavy atom. The molecule has 1 aromatic carbocycles. The minimum Gasteiger partial charge on any atom is -0.343 e. The van der Waals surface area contributed by atoms with E-state index in [4.69, 9.17) is 0 Å². The molecule has 1 heterocycles. The molecular formula is C13H18N4O2. The predicted molar refractivity (Wildman–Crippen MR) is 74.1 cm³/mol. The number of amides is 1. The van der Waals surface area contributed by atoms with Gasteiger partial charge in [0.25, 0.3) is 0 Å². The lowest BCUT2D eigenvalue weighted by atomic mass is 10.3. The van der Waals surface area contributed by atoms with Gasteiger partial charge < -0.3 is 15.2 Å². The number of fused-ring (bicyclic) bond motifs is 1. The van der Waals surface area contributed by atoms with E-state index in [1.165, 1.54) is 4.57 Å². The molecule has 0 aliphatic heterocycles. The molecule has 6 nitrogen and oxygen atoms in total. The molecule has 0 atom stereocenters. The molecule has 0 fully saturated rings. The summed E-state index contributed by atoms with van der Waals surface area (Å²) in [5.74, 6) is -0.0814. The Morgan fingerprint density at radius 2 is 2.16 bits per heavy atom. The molecule has 0 bridgehead atoms. The van der Waals surface area contributed by atoms with Crippen molar-refractivity contribution in [2.24, 2.45) is 0 Å². The number of aromatic amines is 1. The van der Waals surface area contributed by atoms with Crippen LogP contribution in [0.4, 0.5) is 0 Å². The number of rotatable bonds is 5. The average molecular weight is 262 g/mol. The van der Waals surface area contributed by atoms with E-state index >= 15 is 0 Å². The first-order chi connectivity index (χ1) is 9.13. The van der Waals surface area contributed by atoms with Gasteiger partial charge in [-0.05, 0) is 19.2 Å². The van der Waals surface area contributed by atoms with Crippen LogP contribution in [0.5, 0.6) is 0 Å². The first kappa shape index (κ1) is 13.4. The molecule has 2 N–H and O–H groups in total. The molecule has 2 aromatic rings. The van der Waals surface area contributed by atoms with Crippen molar-refractivity contribution in [2.75, 3.05) is 27.2 Å². The standard InChI is InChI=1S/C13H18N4O2/c1-14-7-8-16(2)12(18)9-17-11-6-4-3-5-10(11)15-13(17)19/h3-6,14H,7-9H2,1-2H3,(H,15,19). The lowest BCUT2D eigenvalue weighted by Crippen LogP contribution is -2.36. The Kier molecular flexibility index (Phi) is 4.01. The van der Waals surface area contributed by atoms with Crippen LogP contribution in [0, 0.1) is 0 Å². The van der Waals surface area contributed by atoms with Gasteiger partial charge in [0.15, 0.2) is 0 Å². The van der Waals surface area contributed by atoms with Gasteiger partial charge >= 0.3 is 5.69 Å². The monoisotopic (exact) mass is 262 g/mol. The zero-order chi connectivity index (χ0) is 13.8. The summed E-state index contributed by atoms with van der Waals surface area (Å²) in [7, 11) is 3.57. The van der Waals surface area contributed by atoms with Gasteiger partial charge in [-0.3, -0.25) is 9.36 Å². The van der Waals surface area contributed by atoms with E-state index in [0.29, 0.717) is 6.54 Å². The molecule has 102 valence electrons. The Labute approximate surface area is 111 Å². The number of imidazole rings is 1. The van der Waals surface area contributed by atoms with Gasteiger partial charge in [-0.2, -0.15) is 0 Å². The van der Waals surface area contributed by atoms with E-state index in [1.54, 1.807) is 11.9 Å². The third-order valence-corrected chi connectivity index (χ3v) is 3.10. The summed E-state index contributed by atoms with van der Waals surface area (Å²) in [6.45, 7) is 1.40. The minimum absolute atomic E-state index is 0.0586. The Balaban J connectivity index is 2.19. The van der Waals surface area contributed by atoms with Crippen molar-refractivity contribution < 1.29 is 4.79 Å². The zero-order valence-corrected chi connectivity index (χ0v) is 11.1. The number of benzene rings is 1. The van der Waals surface area contributed by atoms with Crippen molar-refractivity contribution in [3.8, 4) is 0 Å². The summed E-state index contributed by atoms with van der Waals surface area (Å²) < 4.78 is 1.47. The molecule has 0 spiro atoms. The maximum Gasteiger partial charge on any atom is 0.326 e. The largest absolute Gasteiger partial charge is 0.343 e. The second-order valence-electron chi connectivity index (χ2n) is 4.45. The van der Waals surface area contributed by atoms with Crippen molar-refractivity contribution >= 4 is 16.9 Å². The van der Waals surface area contributed by atoms with E-state index in [9.17, 15) is 9.59 Å². The maximum absolute atomic E-state index is 12.0. The molecule has 0 saturated heterocycles. The highest BCUT2D eigenvalue weighted by molar-refractivity contribution is 5.80. The summed E-state index contributed by atoms with van der Waals surface area (Å²) in [6, 6.07) is 7.35. The van der Waals surface area contributed by atoms with Crippen LogP contribution < -0.4 is 11.0 Å². The second-order valence-corrected chi connectivity index (χ2v) is 4.45.